The van der Waals surface area contributed by atoms with Crippen molar-refractivity contribution in [2.24, 2.45) is 0 Å². The van der Waals surface area contributed by atoms with Gasteiger partial charge in [-0.25, -0.2) is 15.0 Å². The summed E-state index contributed by atoms with van der Waals surface area (Å²) in [5.74, 6) is 2.60. The van der Waals surface area contributed by atoms with Crippen LogP contribution >= 0.6 is 0 Å². The van der Waals surface area contributed by atoms with Gasteiger partial charge < -0.3 is 10.1 Å². The minimum atomic E-state index is 0.305. The third-order valence-electron chi connectivity index (χ3n) is 3.44. The molecule has 2 aromatic rings. The molecule has 0 radical (unpaired) electrons. The van der Waals surface area contributed by atoms with Gasteiger partial charge in [-0.05, 0) is 26.7 Å². The van der Waals surface area contributed by atoms with Crippen LogP contribution < -0.4 is 5.32 Å². The maximum atomic E-state index is 5.37. The van der Waals surface area contributed by atoms with Gasteiger partial charge in [-0.15, -0.1) is 0 Å². The quantitative estimate of drug-likeness (QED) is 0.894. The summed E-state index contributed by atoms with van der Waals surface area (Å²) in [6, 6.07) is 0.305. The fraction of sp³-hybridized carbons (Fsp3) is 0.571. The van der Waals surface area contributed by atoms with Crippen molar-refractivity contribution < 1.29 is 4.74 Å². The molecule has 21 heavy (non-hydrogen) atoms. The van der Waals surface area contributed by atoms with Gasteiger partial charge in [0.25, 0.3) is 0 Å². The summed E-state index contributed by atoms with van der Waals surface area (Å²) in [6.07, 6.45) is 5.47. The van der Waals surface area contributed by atoms with E-state index in [0.29, 0.717) is 23.7 Å². The second kappa shape index (κ2) is 6.17. The van der Waals surface area contributed by atoms with E-state index in [1.54, 1.807) is 12.4 Å². The fourth-order valence-electron chi connectivity index (χ4n) is 2.33. The van der Waals surface area contributed by atoms with Crippen molar-refractivity contribution in [2.75, 3.05) is 18.5 Å². The van der Waals surface area contributed by atoms with E-state index in [9.17, 15) is 0 Å². The molecule has 0 atom stereocenters. The molecule has 0 saturated carbocycles. The normalized spacial score (nSPS) is 16.3. The van der Waals surface area contributed by atoms with E-state index in [0.717, 1.165) is 37.4 Å². The first kappa shape index (κ1) is 13.9. The Morgan fingerprint density at radius 3 is 2.62 bits per heavy atom. The Bertz CT molecular complexity index is 573. The first-order valence-electron chi connectivity index (χ1n) is 7.31. The number of H-pyrrole nitrogens is 1. The zero-order chi connectivity index (χ0) is 14.7. The topological polar surface area (TPSA) is 88.6 Å². The maximum Gasteiger partial charge on any atom is 0.222 e. The lowest BCUT2D eigenvalue weighted by molar-refractivity contribution is 0.0836. The van der Waals surface area contributed by atoms with Gasteiger partial charge in [-0.3, -0.25) is 5.10 Å². The second-order valence-electron chi connectivity index (χ2n) is 5.53. The van der Waals surface area contributed by atoms with Gasteiger partial charge in [0.15, 0.2) is 5.82 Å². The Hall–Kier alpha value is -2.02. The summed E-state index contributed by atoms with van der Waals surface area (Å²) in [7, 11) is 0. The van der Waals surface area contributed by atoms with Crippen LogP contribution in [0.1, 0.15) is 38.4 Å². The Labute approximate surface area is 123 Å². The summed E-state index contributed by atoms with van der Waals surface area (Å²) in [6.45, 7) is 5.68. The van der Waals surface area contributed by atoms with E-state index in [1.807, 2.05) is 13.8 Å². The Morgan fingerprint density at radius 1 is 1.24 bits per heavy atom. The van der Waals surface area contributed by atoms with Crippen LogP contribution in [0.2, 0.25) is 0 Å². The lowest BCUT2D eigenvalue weighted by Crippen LogP contribution is -2.15. The third kappa shape index (κ3) is 3.36. The molecule has 0 amide bonds. The number of hydrogen-bond acceptors (Lipinski definition) is 6. The zero-order valence-corrected chi connectivity index (χ0v) is 12.3. The van der Waals surface area contributed by atoms with Crippen molar-refractivity contribution in [1.82, 2.24) is 25.1 Å². The number of aromatic amines is 1. The monoisotopic (exact) mass is 288 g/mol. The SMILES string of the molecule is CC(C)Nc1ncc(-c2n[nH]c(C3CCOCC3)n2)cn1. The molecule has 2 N–H and O–H groups in total. The summed E-state index contributed by atoms with van der Waals surface area (Å²) in [5, 5.41) is 10.5. The molecule has 1 fully saturated rings. The van der Waals surface area contributed by atoms with E-state index in [1.165, 1.54) is 0 Å². The fourth-order valence-corrected chi connectivity index (χ4v) is 2.33. The molecule has 0 bridgehead atoms. The van der Waals surface area contributed by atoms with Crippen LogP contribution in [0.3, 0.4) is 0 Å². The number of aromatic nitrogens is 5. The number of anilines is 1. The molecule has 1 saturated heterocycles. The second-order valence-corrected chi connectivity index (χ2v) is 5.53. The van der Waals surface area contributed by atoms with Crippen molar-refractivity contribution >= 4 is 5.95 Å². The molecular weight excluding hydrogens is 268 g/mol. The van der Waals surface area contributed by atoms with Crippen molar-refractivity contribution in [3.05, 3.63) is 18.2 Å². The number of hydrogen-bond donors (Lipinski definition) is 2. The third-order valence-corrected chi connectivity index (χ3v) is 3.44. The molecule has 7 nitrogen and oxygen atoms in total. The van der Waals surface area contributed by atoms with Crippen LogP contribution in [-0.4, -0.2) is 44.4 Å². The molecule has 0 unspecified atom stereocenters. The van der Waals surface area contributed by atoms with Crippen molar-refractivity contribution in [2.45, 2.75) is 38.6 Å². The largest absolute Gasteiger partial charge is 0.381 e. The average molecular weight is 288 g/mol. The predicted molar refractivity (Wildman–Crippen MR) is 79.0 cm³/mol. The van der Waals surface area contributed by atoms with Crippen LogP contribution in [0.5, 0.6) is 0 Å². The molecule has 1 aliphatic heterocycles. The lowest BCUT2D eigenvalue weighted by atomic mass is 10.00. The smallest absolute Gasteiger partial charge is 0.222 e. The van der Waals surface area contributed by atoms with Gasteiger partial charge in [0.2, 0.25) is 5.95 Å². The standard InChI is InChI=1S/C14H20N6O/c1-9(2)17-14-15-7-11(8-16-14)13-18-12(19-20-13)10-3-5-21-6-4-10/h7-10H,3-6H2,1-2H3,(H,15,16,17)(H,18,19,20). The van der Waals surface area contributed by atoms with Crippen LogP contribution in [0.25, 0.3) is 11.4 Å². The summed E-state index contributed by atoms with van der Waals surface area (Å²) in [5.41, 5.74) is 0.818. The molecule has 0 spiro atoms. The maximum absolute atomic E-state index is 5.37. The van der Waals surface area contributed by atoms with Crippen molar-refractivity contribution in [3.8, 4) is 11.4 Å². The van der Waals surface area contributed by atoms with Gasteiger partial charge in [-0.2, -0.15) is 5.10 Å². The first-order valence-corrected chi connectivity index (χ1v) is 7.31. The summed E-state index contributed by atoms with van der Waals surface area (Å²) < 4.78 is 5.37. The number of rotatable bonds is 4. The number of nitrogens with one attached hydrogen (secondary N) is 2. The van der Waals surface area contributed by atoms with Crippen LogP contribution in [0, 0.1) is 0 Å². The highest BCUT2D eigenvalue weighted by Crippen LogP contribution is 2.25. The highest BCUT2D eigenvalue weighted by atomic mass is 16.5. The lowest BCUT2D eigenvalue weighted by Gasteiger charge is -2.19. The van der Waals surface area contributed by atoms with E-state index in [4.69, 9.17) is 4.74 Å². The molecule has 3 heterocycles. The van der Waals surface area contributed by atoms with E-state index in [-0.39, 0.29) is 0 Å². The number of nitrogens with zero attached hydrogens (tertiary/aromatic N) is 4. The van der Waals surface area contributed by atoms with E-state index < -0.39 is 0 Å². The van der Waals surface area contributed by atoms with Gasteiger partial charge in [0.05, 0.1) is 5.56 Å². The van der Waals surface area contributed by atoms with Gasteiger partial charge in [0, 0.05) is 37.6 Å². The zero-order valence-electron chi connectivity index (χ0n) is 12.3. The molecule has 3 rings (SSSR count). The minimum absolute atomic E-state index is 0.305. The van der Waals surface area contributed by atoms with Gasteiger partial charge in [0.1, 0.15) is 5.82 Å². The molecular formula is C14H20N6O. The van der Waals surface area contributed by atoms with Gasteiger partial charge in [-0.1, -0.05) is 0 Å². The van der Waals surface area contributed by atoms with E-state index in [2.05, 4.69) is 30.5 Å². The number of ether oxygens (including phenoxy) is 1. The Balaban J connectivity index is 1.73. The highest BCUT2D eigenvalue weighted by molar-refractivity contribution is 5.52. The highest BCUT2D eigenvalue weighted by Gasteiger charge is 2.20. The van der Waals surface area contributed by atoms with Crippen molar-refractivity contribution in [3.63, 3.8) is 0 Å². The molecule has 2 aromatic heterocycles. The van der Waals surface area contributed by atoms with Crippen molar-refractivity contribution in [1.29, 1.82) is 0 Å². The van der Waals surface area contributed by atoms with Gasteiger partial charge >= 0.3 is 0 Å². The van der Waals surface area contributed by atoms with Crippen LogP contribution in [0.15, 0.2) is 12.4 Å². The predicted octanol–water partition coefficient (Wildman–Crippen LogP) is 1.98. The summed E-state index contributed by atoms with van der Waals surface area (Å²) in [4.78, 5) is 13.1. The molecule has 0 aliphatic carbocycles. The molecule has 1 aliphatic rings. The minimum Gasteiger partial charge on any atom is -0.381 e. The first-order chi connectivity index (χ1) is 10.2. The summed E-state index contributed by atoms with van der Waals surface area (Å²) >= 11 is 0. The van der Waals surface area contributed by atoms with Crippen LogP contribution in [0.4, 0.5) is 5.95 Å². The molecule has 7 heteroatoms. The average Bonchev–Trinajstić information content (AvgIpc) is 2.98. The Morgan fingerprint density at radius 2 is 1.95 bits per heavy atom. The Kier molecular flexibility index (Phi) is 4.10. The molecule has 0 aromatic carbocycles. The molecule has 112 valence electrons. The van der Waals surface area contributed by atoms with Crippen LogP contribution in [-0.2, 0) is 4.74 Å². The van der Waals surface area contributed by atoms with E-state index >= 15 is 0 Å².